The van der Waals surface area contributed by atoms with E-state index in [1.165, 1.54) is 5.56 Å². The van der Waals surface area contributed by atoms with Crippen molar-refractivity contribution in [3.05, 3.63) is 47.1 Å². The molecule has 82 valence electrons. The van der Waals surface area contributed by atoms with E-state index in [0.717, 1.165) is 15.6 Å². The lowest BCUT2D eigenvalue weighted by molar-refractivity contribution is 1.13. The molecule has 1 heterocycles. The Bertz CT molecular complexity index is 497. The Morgan fingerprint density at radius 1 is 1.25 bits per heavy atom. The highest BCUT2D eigenvalue weighted by molar-refractivity contribution is 7.99. The molecule has 0 radical (unpaired) electrons. The fraction of sp³-hybridized carbons (Fsp3) is 0.0833. The van der Waals surface area contributed by atoms with Gasteiger partial charge in [-0.25, -0.2) is 4.98 Å². The van der Waals surface area contributed by atoms with Gasteiger partial charge < -0.3 is 5.73 Å². The van der Waals surface area contributed by atoms with E-state index in [2.05, 4.69) is 11.1 Å². The molecule has 4 heteroatoms. The Labute approximate surface area is 104 Å². The van der Waals surface area contributed by atoms with E-state index in [1.54, 1.807) is 18.0 Å². The van der Waals surface area contributed by atoms with Crippen LogP contribution in [0.3, 0.4) is 0 Å². The summed E-state index contributed by atoms with van der Waals surface area (Å²) in [5, 5.41) is 1.53. The minimum Gasteiger partial charge on any atom is -0.398 e. The number of nitrogen functional groups attached to an aromatic ring is 1. The molecule has 0 aliphatic heterocycles. The first-order valence-corrected chi connectivity index (χ1v) is 6.00. The number of aryl methyl sites for hydroxylation is 1. The zero-order valence-electron chi connectivity index (χ0n) is 8.77. The monoisotopic (exact) mass is 250 g/mol. The second-order valence-electron chi connectivity index (χ2n) is 3.46. The number of hydrogen-bond acceptors (Lipinski definition) is 3. The van der Waals surface area contributed by atoms with Crippen LogP contribution < -0.4 is 5.73 Å². The number of hydrogen-bond donors (Lipinski definition) is 1. The van der Waals surface area contributed by atoms with Crippen LogP contribution in [0.1, 0.15) is 5.56 Å². The van der Waals surface area contributed by atoms with Crippen LogP contribution in [0.15, 0.2) is 46.5 Å². The highest BCUT2D eigenvalue weighted by Gasteiger charge is 2.03. The number of halogens is 1. The number of benzene rings is 1. The summed E-state index contributed by atoms with van der Waals surface area (Å²) in [6.45, 7) is 2.04. The van der Waals surface area contributed by atoms with Gasteiger partial charge >= 0.3 is 0 Å². The van der Waals surface area contributed by atoms with Gasteiger partial charge in [-0.1, -0.05) is 29.4 Å². The number of nitrogens with zero attached hydrogens (tertiary/aromatic N) is 1. The van der Waals surface area contributed by atoms with Crippen LogP contribution >= 0.6 is 23.4 Å². The molecular weight excluding hydrogens is 240 g/mol. The van der Waals surface area contributed by atoms with Crippen molar-refractivity contribution in [2.75, 3.05) is 5.73 Å². The number of rotatable bonds is 2. The average molecular weight is 251 g/mol. The summed E-state index contributed by atoms with van der Waals surface area (Å²) in [4.78, 5) is 5.24. The summed E-state index contributed by atoms with van der Waals surface area (Å²) in [5.41, 5.74) is 7.85. The van der Waals surface area contributed by atoms with E-state index >= 15 is 0 Å². The van der Waals surface area contributed by atoms with Gasteiger partial charge in [0.25, 0.3) is 0 Å². The van der Waals surface area contributed by atoms with Crippen molar-refractivity contribution in [2.45, 2.75) is 16.8 Å². The summed E-state index contributed by atoms with van der Waals surface area (Å²) in [6, 6.07) is 9.66. The first-order valence-electron chi connectivity index (χ1n) is 4.81. The summed E-state index contributed by atoms with van der Waals surface area (Å²) < 4.78 is 0. The lowest BCUT2D eigenvalue weighted by Crippen LogP contribution is -1.89. The molecule has 0 saturated carbocycles. The van der Waals surface area contributed by atoms with Crippen LogP contribution in [-0.4, -0.2) is 4.98 Å². The summed E-state index contributed by atoms with van der Waals surface area (Å²) >= 11 is 7.32. The topological polar surface area (TPSA) is 38.9 Å². The molecule has 0 aliphatic carbocycles. The van der Waals surface area contributed by atoms with Crippen molar-refractivity contribution < 1.29 is 0 Å². The molecule has 2 rings (SSSR count). The zero-order valence-corrected chi connectivity index (χ0v) is 10.3. The predicted molar refractivity (Wildman–Crippen MR) is 69.0 cm³/mol. The van der Waals surface area contributed by atoms with Crippen LogP contribution in [-0.2, 0) is 0 Å². The van der Waals surface area contributed by atoms with Gasteiger partial charge in [-0.3, -0.25) is 0 Å². The molecule has 0 fully saturated rings. The molecule has 0 bridgehead atoms. The molecule has 16 heavy (non-hydrogen) atoms. The van der Waals surface area contributed by atoms with Gasteiger partial charge in [0, 0.05) is 16.8 Å². The largest absolute Gasteiger partial charge is 0.398 e. The van der Waals surface area contributed by atoms with Crippen molar-refractivity contribution >= 4 is 29.1 Å². The molecule has 0 unspecified atom stereocenters. The van der Waals surface area contributed by atoms with Crippen LogP contribution in [0.5, 0.6) is 0 Å². The zero-order chi connectivity index (χ0) is 11.5. The first-order chi connectivity index (χ1) is 7.65. The van der Waals surface area contributed by atoms with Crippen LogP contribution in [0, 0.1) is 6.92 Å². The summed E-state index contributed by atoms with van der Waals surface area (Å²) in [6.07, 6.45) is 1.63. The van der Waals surface area contributed by atoms with Gasteiger partial charge in [-0.2, -0.15) is 0 Å². The highest BCUT2D eigenvalue weighted by atomic mass is 35.5. The summed E-state index contributed by atoms with van der Waals surface area (Å²) in [7, 11) is 0. The van der Waals surface area contributed by atoms with Crippen molar-refractivity contribution in [3.63, 3.8) is 0 Å². The fourth-order valence-corrected chi connectivity index (χ4v) is 2.27. The Kier molecular flexibility index (Phi) is 3.36. The van der Waals surface area contributed by atoms with E-state index in [0.29, 0.717) is 5.02 Å². The maximum absolute atomic E-state index is 5.89. The van der Waals surface area contributed by atoms with Crippen molar-refractivity contribution in [1.82, 2.24) is 4.98 Å². The van der Waals surface area contributed by atoms with Crippen LogP contribution in [0.4, 0.5) is 5.69 Å². The third-order valence-electron chi connectivity index (χ3n) is 2.08. The third kappa shape index (κ3) is 2.68. The molecule has 0 atom stereocenters. The Morgan fingerprint density at radius 3 is 2.75 bits per heavy atom. The normalized spacial score (nSPS) is 10.4. The standard InChI is InChI=1S/C12H11ClN2S/c1-8-2-4-10(14)11(6-8)16-12-5-3-9(13)7-15-12/h2-7H,14H2,1H3. The SMILES string of the molecule is Cc1ccc(N)c(Sc2ccc(Cl)cn2)c1. The van der Waals surface area contributed by atoms with E-state index in [-0.39, 0.29) is 0 Å². The van der Waals surface area contributed by atoms with Crippen molar-refractivity contribution in [2.24, 2.45) is 0 Å². The van der Waals surface area contributed by atoms with Gasteiger partial charge in [0.1, 0.15) is 5.03 Å². The molecule has 2 N–H and O–H groups in total. The quantitative estimate of drug-likeness (QED) is 0.825. The van der Waals surface area contributed by atoms with E-state index < -0.39 is 0 Å². The third-order valence-corrected chi connectivity index (χ3v) is 3.33. The van der Waals surface area contributed by atoms with Gasteiger partial charge in [-0.15, -0.1) is 0 Å². The van der Waals surface area contributed by atoms with E-state index in [9.17, 15) is 0 Å². The Balaban J connectivity index is 2.26. The number of pyridine rings is 1. The van der Waals surface area contributed by atoms with Gasteiger partial charge in [0.2, 0.25) is 0 Å². The number of nitrogens with two attached hydrogens (primary N) is 1. The number of aromatic nitrogens is 1. The maximum Gasteiger partial charge on any atom is 0.101 e. The molecule has 2 aromatic rings. The van der Waals surface area contributed by atoms with Gasteiger partial charge in [-0.05, 0) is 36.8 Å². The lowest BCUT2D eigenvalue weighted by Gasteiger charge is -2.05. The minimum absolute atomic E-state index is 0.640. The first kappa shape index (κ1) is 11.3. The minimum atomic E-state index is 0.640. The molecule has 0 saturated heterocycles. The lowest BCUT2D eigenvalue weighted by atomic mass is 10.2. The molecule has 0 amide bonds. The van der Waals surface area contributed by atoms with E-state index in [4.69, 9.17) is 17.3 Å². The predicted octanol–water partition coefficient (Wildman–Crippen LogP) is 3.78. The van der Waals surface area contributed by atoms with Gasteiger partial charge in [0.15, 0.2) is 0 Å². The number of anilines is 1. The van der Waals surface area contributed by atoms with Crippen LogP contribution in [0.2, 0.25) is 5.02 Å². The average Bonchev–Trinajstić information content (AvgIpc) is 2.27. The van der Waals surface area contributed by atoms with Gasteiger partial charge in [0.05, 0.1) is 5.02 Å². The molecule has 0 aliphatic rings. The second-order valence-corrected chi connectivity index (χ2v) is 4.96. The maximum atomic E-state index is 5.89. The molecule has 0 spiro atoms. The molecular formula is C12H11ClN2S. The molecule has 1 aromatic heterocycles. The van der Waals surface area contributed by atoms with E-state index in [1.807, 2.05) is 31.2 Å². The second kappa shape index (κ2) is 4.76. The Hall–Kier alpha value is -1.19. The summed E-state index contributed by atoms with van der Waals surface area (Å²) in [5.74, 6) is 0. The Morgan fingerprint density at radius 2 is 2.06 bits per heavy atom. The van der Waals surface area contributed by atoms with Crippen molar-refractivity contribution in [1.29, 1.82) is 0 Å². The fourth-order valence-electron chi connectivity index (χ4n) is 1.27. The smallest absolute Gasteiger partial charge is 0.101 e. The molecule has 1 aromatic carbocycles. The van der Waals surface area contributed by atoms with Crippen molar-refractivity contribution in [3.8, 4) is 0 Å². The highest BCUT2D eigenvalue weighted by Crippen LogP contribution is 2.31. The van der Waals surface area contributed by atoms with Crippen LogP contribution in [0.25, 0.3) is 0 Å². The molecule has 2 nitrogen and oxygen atoms in total.